The number of halogens is 1. The summed E-state index contributed by atoms with van der Waals surface area (Å²) in [6.07, 6.45) is 4.08. The SMILES string of the molecule is [Cl-].c1ccc(-c2ccc(C(c3ccccc3)n3c[n+](C(c4ccccc4)c4ccccc4)cn3)cc2)cc1. The molecule has 0 radical (unpaired) electrons. The fourth-order valence-corrected chi connectivity index (χ4v) is 5.01. The van der Waals surface area contributed by atoms with Crippen molar-refractivity contribution in [1.29, 1.82) is 0 Å². The molecule has 0 saturated heterocycles. The Labute approximate surface area is 230 Å². The van der Waals surface area contributed by atoms with Crippen molar-refractivity contribution >= 4 is 0 Å². The average Bonchev–Trinajstić information content (AvgIpc) is 3.45. The molecule has 0 aliphatic rings. The first-order valence-corrected chi connectivity index (χ1v) is 12.6. The molecule has 38 heavy (non-hydrogen) atoms. The highest BCUT2D eigenvalue weighted by Gasteiger charge is 2.27. The van der Waals surface area contributed by atoms with Crippen molar-refractivity contribution in [1.82, 2.24) is 9.78 Å². The largest absolute Gasteiger partial charge is 1.00 e. The predicted octanol–water partition coefficient (Wildman–Crippen LogP) is 4.12. The van der Waals surface area contributed by atoms with E-state index in [-0.39, 0.29) is 24.5 Å². The lowest BCUT2D eigenvalue weighted by molar-refractivity contribution is -0.705. The van der Waals surface area contributed by atoms with Crippen LogP contribution in [0.3, 0.4) is 0 Å². The maximum absolute atomic E-state index is 4.90. The molecule has 6 rings (SSSR count). The van der Waals surface area contributed by atoms with E-state index in [9.17, 15) is 0 Å². The van der Waals surface area contributed by atoms with Gasteiger partial charge < -0.3 is 12.4 Å². The number of hydrogen-bond acceptors (Lipinski definition) is 1. The van der Waals surface area contributed by atoms with Crippen LogP contribution in [0.15, 0.2) is 158 Å². The smallest absolute Gasteiger partial charge is 0.265 e. The maximum Gasteiger partial charge on any atom is 0.265 e. The molecule has 5 aromatic carbocycles. The molecule has 4 heteroatoms. The molecule has 0 N–H and O–H groups in total. The number of nitrogens with zero attached hydrogens (tertiary/aromatic N) is 3. The van der Waals surface area contributed by atoms with Gasteiger partial charge in [0.2, 0.25) is 6.33 Å². The second kappa shape index (κ2) is 11.7. The predicted molar refractivity (Wildman–Crippen MR) is 148 cm³/mol. The van der Waals surface area contributed by atoms with Crippen molar-refractivity contribution in [2.45, 2.75) is 12.1 Å². The Morgan fingerprint density at radius 2 is 0.895 bits per heavy atom. The molecule has 1 aromatic heterocycles. The summed E-state index contributed by atoms with van der Waals surface area (Å²) in [5.74, 6) is 0. The Morgan fingerprint density at radius 3 is 1.42 bits per heavy atom. The first-order chi connectivity index (χ1) is 18.4. The Balaban J connectivity index is 0.00000294. The normalized spacial score (nSPS) is 11.6. The van der Waals surface area contributed by atoms with Gasteiger partial charge in [-0.05, 0) is 33.4 Å². The van der Waals surface area contributed by atoms with Gasteiger partial charge in [-0.15, -0.1) is 4.68 Å². The molecule has 1 heterocycles. The van der Waals surface area contributed by atoms with Gasteiger partial charge in [0.15, 0.2) is 6.04 Å². The van der Waals surface area contributed by atoms with Crippen molar-refractivity contribution in [3.63, 3.8) is 0 Å². The Bertz CT molecular complexity index is 1510. The van der Waals surface area contributed by atoms with E-state index < -0.39 is 0 Å². The average molecular weight is 514 g/mol. The monoisotopic (exact) mass is 513 g/mol. The van der Waals surface area contributed by atoms with Gasteiger partial charge in [-0.25, -0.2) is 4.57 Å². The Kier molecular flexibility index (Phi) is 7.77. The van der Waals surface area contributed by atoms with Gasteiger partial charge in [0.1, 0.15) is 6.04 Å². The zero-order valence-electron chi connectivity index (χ0n) is 20.9. The molecule has 0 saturated carbocycles. The summed E-state index contributed by atoms with van der Waals surface area (Å²) in [5, 5.41) is 4.90. The van der Waals surface area contributed by atoms with Crippen LogP contribution in [0.4, 0.5) is 0 Å². The maximum atomic E-state index is 4.90. The summed E-state index contributed by atoms with van der Waals surface area (Å²) in [5.41, 5.74) is 7.26. The van der Waals surface area contributed by atoms with Crippen LogP contribution in [0.1, 0.15) is 34.3 Å². The van der Waals surface area contributed by atoms with E-state index in [1.165, 1.54) is 33.4 Å². The molecular formula is C34H28ClN3. The van der Waals surface area contributed by atoms with E-state index in [0.29, 0.717) is 0 Å². The van der Waals surface area contributed by atoms with E-state index >= 15 is 0 Å². The minimum Gasteiger partial charge on any atom is -1.00 e. The number of aromatic nitrogens is 3. The van der Waals surface area contributed by atoms with Crippen molar-refractivity contribution in [2.24, 2.45) is 0 Å². The molecule has 0 aliphatic carbocycles. The van der Waals surface area contributed by atoms with E-state index in [0.717, 1.165) is 0 Å². The summed E-state index contributed by atoms with van der Waals surface area (Å²) in [4.78, 5) is 0. The van der Waals surface area contributed by atoms with Crippen LogP contribution in [-0.2, 0) is 0 Å². The van der Waals surface area contributed by atoms with Crippen LogP contribution < -0.4 is 17.0 Å². The molecule has 1 atom stereocenters. The fourth-order valence-electron chi connectivity index (χ4n) is 5.01. The number of benzene rings is 5. The van der Waals surface area contributed by atoms with Gasteiger partial charge in [0, 0.05) is 5.10 Å². The Hall–Kier alpha value is -4.47. The van der Waals surface area contributed by atoms with E-state index in [1.54, 1.807) is 0 Å². The highest BCUT2D eigenvalue weighted by atomic mass is 35.5. The van der Waals surface area contributed by atoms with Gasteiger partial charge >= 0.3 is 0 Å². The minimum absolute atomic E-state index is 0. The summed E-state index contributed by atoms with van der Waals surface area (Å²) >= 11 is 0. The summed E-state index contributed by atoms with van der Waals surface area (Å²) in [6.45, 7) is 0. The third-order valence-corrected chi connectivity index (χ3v) is 6.81. The molecule has 0 bridgehead atoms. The lowest BCUT2D eigenvalue weighted by atomic mass is 9.96. The molecule has 0 aliphatic heterocycles. The van der Waals surface area contributed by atoms with Crippen molar-refractivity contribution in [3.05, 3.63) is 181 Å². The van der Waals surface area contributed by atoms with Crippen LogP contribution in [0.2, 0.25) is 0 Å². The third kappa shape index (κ3) is 5.29. The van der Waals surface area contributed by atoms with Gasteiger partial charge in [-0.1, -0.05) is 146 Å². The van der Waals surface area contributed by atoms with Crippen LogP contribution >= 0.6 is 0 Å². The summed E-state index contributed by atoms with van der Waals surface area (Å²) in [7, 11) is 0. The Morgan fingerprint density at radius 1 is 0.474 bits per heavy atom. The van der Waals surface area contributed by atoms with Crippen LogP contribution in [0, 0.1) is 0 Å². The van der Waals surface area contributed by atoms with Gasteiger partial charge in [0.25, 0.3) is 6.33 Å². The summed E-state index contributed by atoms with van der Waals surface area (Å²) in [6, 6.07) is 51.1. The second-order valence-corrected chi connectivity index (χ2v) is 9.20. The van der Waals surface area contributed by atoms with Crippen molar-refractivity contribution in [3.8, 4) is 11.1 Å². The van der Waals surface area contributed by atoms with Crippen molar-refractivity contribution in [2.75, 3.05) is 0 Å². The standard InChI is InChI=1S/C34H28N3.ClH/c1-5-13-27(14-6-1)28-21-23-32(24-22-28)34(31-19-11-4-12-20-31)37-26-36(25-35-37)33(29-15-7-2-8-16-29)30-17-9-3-10-18-30;/h1-26,33-34H;1H/q+1;/p-1. The topological polar surface area (TPSA) is 21.7 Å². The highest BCUT2D eigenvalue weighted by Crippen LogP contribution is 2.29. The molecule has 6 aromatic rings. The minimum atomic E-state index is -0.0422. The molecule has 0 amide bonds. The van der Waals surface area contributed by atoms with E-state index in [2.05, 4.69) is 161 Å². The lowest BCUT2D eigenvalue weighted by Crippen LogP contribution is -3.00. The zero-order valence-corrected chi connectivity index (χ0v) is 21.6. The van der Waals surface area contributed by atoms with E-state index in [4.69, 9.17) is 5.10 Å². The summed E-state index contributed by atoms with van der Waals surface area (Å²) < 4.78 is 4.28. The number of rotatable bonds is 7. The fraction of sp³-hybridized carbons (Fsp3) is 0.0588. The van der Waals surface area contributed by atoms with Gasteiger partial charge in [0.05, 0.1) is 0 Å². The quantitative estimate of drug-likeness (QED) is 0.294. The second-order valence-electron chi connectivity index (χ2n) is 9.20. The first-order valence-electron chi connectivity index (χ1n) is 12.6. The van der Waals surface area contributed by atoms with Crippen LogP contribution in [0.5, 0.6) is 0 Å². The molecular weight excluding hydrogens is 486 g/mol. The molecule has 0 spiro atoms. The van der Waals surface area contributed by atoms with Gasteiger partial charge in [-0.2, -0.15) is 0 Å². The lowest BCUT2D eigenvalue weighted by Gasteiger charge is -2.16. The van der Waals surface area contributed by atoms with Crippen molar-refractivity contribution < 1.29 is 17.0 Å². The molecule has 1 unspecified atom stereocenters. The van der Waals surface area contributed by atoms with Crippen LogP contribution in [0.25, 0.3) is 11.1 Å². The van der Waals surface area contributed by atoms with E-state index in [1.807, 2.05) is 6.33 Å². The molecule has 0 fully saturated rings. The molecule has 3 nitrogen and oxygen atoms in total. The zero-order chi connectivity index (χ0) is 24.9. The highest BCUT2D eigenvalue weighted by molar-refractivity contribution is 5.63. The number of hydrogen-bond donors (Lipinski definition) is 0. The molecule has 186 valence electrons. The van der Waals surface area contributed by atoms with Gasteiger partial charge in [-0.3, -0.25) is 0 Å². The van der Waals surface area contributed by atoms with Crippen LogP contribution in [-0.4, -0.2) is 9.78 Å². The first kappa shape index (κ1) is 25.2. The third-order valence-electron chi connectivity index (χ3n) is 6.81.